The van der Waals surface area contributed by atoms with Crippen LogP contribution in [-0.4, -0.2) is 43.0 Å². The Hall–Kier alpha value is -1.73. The molecule has 1 saturated carbocycles. The van der Waals surface area contributed by atoms with Crippen LogP contribution in [0.1, 0.15) is 56.3 Å². The van der Waals surface area contributed by atoms with Gasteiger partial charge >= 0.3 is 0 Å². The number of ketones is 1. The largest absolute Gasteiger partial charge is 0.352 e. The van der Waals surface area contributed by atoms with Crippen molar-refractivity contribution in [3.05, 3.63) is 29.8 Å². The minimum absolute atomic E-state index is 0.0869. The van der Waals surface area contributed by atoms with Gasteiger partial charge in [-0.25, -0.2) is 8.42 Å². The van der Waals surface area contributed by atoms with Gasteiger partial charge in [-0.3, -0.25) is 9.59 Å². The lowest BCUT2D eigenvalue weighted by Crippen LogP contribution is -2.53. The molecule has 2 atom stereocenters. The summed E-state index contributed by atoms with van der Waals surface area (Å²) in [5, 5.41) is 3.00. The van der Waals surface area contributed by atoms with E-state index in [-0.39, 0.29) is 22.6 Å². The summed E-state index contributed by atoms with van der Waals surface area (Å²) in [7, 11) is -3.78. The van der Waals surface area contributed by atoms with Crippen molar-refractivity contribution in [2.24, 2.45) is 5.92 Å². The highest BCUT2D eigenvalue weighted by Gasteiger charge is 2.39. The fourth-order valence-electron chi connectivity index (χ4n) is 3.49. The van der Waals surface area contributed by atoms with Gasteiger partial charge in [0.1, 0.15) is 6.04 Å². The van der Waals surface area contributed by atoms with Gasteiger partial charge in [-0.05, 0) is 57.6 Å². The fourth-order valence-corrected chi connectivity index (χ4v) is 5.14. The number of sulfonamides is 1. The van der Waals surface area contributed by atoms with Crippen molar-refractivity contribution in [3.63, 3.8) is 0 Å². The maximum Gasteiger partial charge on any atom is 0.243 e. The molecule has 6 nitrogen and oxygen atoms in total. The first-order chi connectivity index (χ1) is 12.3. The summed E-state index contributed by atoms with van der Waals surface area (Å²) in [5.41, 5.74) is 0.468. The molecule has 1 aliphatic heterocycles. The van der Waals surface area contributed by atoms with Gasteiger partial charge in [0.15, 0.2) is 5.78 Å². The van der Waals surface area contributed by atoms with Crippen molar-refractivity contribution in [1.82, 2.24) is 9.62 Å². The number of carbonyl (C=O) groups is 2. The maximum atomic E-state index is 13.1. The summed E-state index contributed by atoms with van der Waals surface area (Å²) in [6.45, 7) is 3.76. The third-order valence-corrected chi connectivity index (χ3v) is 7.25. The van der Waals surface area contributed by atoms with Gasteiger partial charge in [0.05, 0.1) is 4.90 Å². The average Bonchev–Trinajstić information content (AvgIpc) is 3.47. The van der Waals surface area contributed by atoms with Crippen molar-refractivity contribution in [2.75, 3.05) is 6.54 Å². The average molecular weight is 378 g/mol. The molecule has 1 aromatic carbocycles. The molecule has 0 radical (unpaired) electrons. The third-order valence-electron chi connectivity index (χ3n) is 5.32. The van der Waals surface area contributed by atoms with Crippen LogP contribution in [0.25, 0.3) is 0 Å². The predicted molar refractivity (Wildman–Crippen MR) is 98.3 cm³/mol. The molecular weight excluding hydrogens is 352 g/mol. The van der Waals surface area contributed by atoms with E-state index in [2.05, 4.69) is 5.32 Å². The van der Waals surface area contributed by atoms with Gasteiger partial charge in [0.2, 0.25) is 15.9 Å². The van der Waals surface area contributed by atoms with Crippen molar-refractivity contribution in [3.8, 4) is 0 Å². The Morgan fingerprint density at radius 3 is 2.35 bits per heavy atom. The number of rotatable bonds is 6. The summed E-state index contributed by atoms with van der Waals surface area (Å²) < 4.78 is 27.5. The molecule has 26 heavy (non-hydrogen) atoms. The van der Waals surface area contributed by atoms with Gasteiger partial charge < -0.3 is 5.32 Å². The van der Waals surface area contributed by atoms with Crippen LogP contribution in [0.2, 0.25) is 0 Å². The van der Waals surface area contributed by atoms with Crippen LogP contribution in [0.15, 0.2) is 29.2 Å². The van der Waals surface area contributed by atoms with E-state index in [0.717, 1.165) is 25.7 Å². The fraction of sp³-hybridized carbons (Fsp3) is 0.579. The number of Topliss-reactive ketones (excluding diaryl/α,β-unsaturated/α-hetero) is 1. The Kier molecular flexibility index (Phi) is 5.48. The molecule has 2 fully saturated rings. The van der Waals surface area contributed by atoms with E-state index in [1.165, 1.54) is 35.5 Å². The van der Waals surface area contributed by atoms with E-state index in [0.29, 0.717) is 24.4 Å². The van der Waals surface area contributed by atoms with Crippen molar-refractivity contribution >= 4 is 21.7 Å². The molecule has 0 bridgehead atoms. The summed E-state index contributed by atoms with van der Waals surface area (Å²) in [5.74, 6) is 0.206. The lowest BCUT2D eigenvalue weighted by molar-refractivity contribution is -0.126. The molecule has 2 aliphatic rings. The third kappa shape index (κ3) is 3.99. The van der Waals surface area contributed by atoms with Crippen molar-refractivity contribution in [1.29, 1.82) is 0 Å². The first-order valence-electron chi connectivity index (χ1n) is 9.24. The minimum atomic E-state index is -3.78. The van der Waals surface area contributed by atoms with Crippen LogP contribution in [-0.2, 0) is 14.8 Å². The quantitative estimate of drug-likeness (QED) is 0.770. The summed E-state index contributed by atoms with van der Waals surface area (Å²) in [6, 6.07) is 5.35. The Balaban J connectivity index is 1.80. The van der Waals surface area contributed by atoms with E-state index >= 15 is 0 Å². The first kappa shape index (κ1) is 19.0. The van der Waals surface area contributed by atoms with Crippen molar-refractivity contribution < 1.29 is 18.0 Å². The molecule has 1 heterocycles. The highest BCUT2D eigenvalue weighted by molar-refractivity contribution is 7.89. The zero-order valence-electron chi connectivity index (χ0n) is 15.3. The van der Waals surface area contributed by atoms with Crippen LogP contribution in [0.4, 0.5) is 0 Å². The van der Waals surface area contributed by atoms with E-state index in [4.69, 9.17) is 0 Å². The summed E-state index contributed by atoms with van der Waals surface area (Å²) in [6.07, 6.45) is 4.36. The zero-order chi connectivity index (χ0) is 18.9. The molecule has 3 rings (SSSR count). The monoisotopic (exact) mass is 378 g/mol. The molecule has 1 aliphatic carbocycles. The number of benzene rings is 1. The number of nitrogens with zero attached hydrogens (tertiary/aromatic N) is 1. The molecule has 1 aromatic rings. The van der Waals surface area contributed by atoms with Crippen LogP contribution in [0.3, 0.4) is 0 Å². The lowest BCUT2D eigenvalue weighted by Gasteiger charge is -2.34. The summed E-state index contributed by atoms with van der Waals surface area (Å²) >= 11 is 0. The van der Waals surface area contributed by atoms with E-state index in [9.17, 15) is 18.0 Å². The maximum absolute atomic E-state index is 13.1. The SMILES string of the molecule is CC(=O)c1ccc(S(=O)(=O)N2CCCC[C@@H]2C(=O)N[C@H](C)C2CC2)cc1. The number of hydrogen-bond acceptors (Lipinski definition) is 4. The van der Waals surface area contributed by atoms with Crippen LogP contribution in [0.5, 0.6) is 0 Å². The Morgan fingerprint density at radius 1 is 1.12 bits per heavy atom. The van der Waals surface area contributed by atoms with E-state index in [1.807, 2.05) is 6.92 Å². The number of nitrogens with one attached hydrogen (secondary N) is 1. The van der Waals surface area contributed by atoms with Crippen LogP contribution >= 0.6 is 0 Å². The standard InChI is InChI=1S/C19H26N2O4S/c1-13(15-6-7-15)20-19(23)18-5-3-4-12-21(18)26(24,25)17-10-8-16(9-11-17)14(2)22/h8-11,13,15,18H,3-7,12H2,1-2H3,(H,20,23)/t13-,18-/m1/s1. The van der Waals surface area contributed by atoms with Gasteiger partial charge in [0, 0.05) is 18.2 Å². The smallest absolute Gasteiger partial charge is 0.243 e. The second-order valence-corrected chi connectivity index (χ2v) is 9.23. The normalized spacial score (nSPS) is 22.6. The Labute approximate surface area is 155 Å². The van der Waals surface area contributed by atoms with Crippen LogP contribution < -0.4 is 5.32 Å². The molecule has 0 spiro atoms. The Morgan fingerprint density at radius 2 is 1.77 bits per heavy atom. The minimum Gasteiger partial charge on any atom is -0.352 e. The van der Waals surface area contributed by atoms with Gasteiger partial charge in [0.25, 0.3) is 0 Å². The second-order valence-electron chi connectivity index (χ2n) is 7.34. The predicted octanol–water partition coefficient (Wildman–Crippen LogP) is 2.35. The molecule has 1 N–H and O–H groups in total. The van der Waals surface area contributed by atoms with Gasteiger partial charge in [-0.15, -0.1) is 0 Å². The highest BCUT2D eigenvalue weighted by atomic mass is 32.2. The number of amides is 1. The lowest BCUT2D eigenvalue weighted by atomic mass is 10.0. The van der Waals surface area contributed by atoms with E-state index < -0.39 is 16.1 Å². The zero-order valence-corrected chi connectivity index (χ0v) is 16.1. The van der Waals surface area contributed by atoms with Gasteiger partial charge in [-0.1, -0.05) is 18.6 Å². The molecule has 142 valence electrons. The summed E-state index contributed by atoms with van der Waals surface area (Å²) in [4.78, 5) is 24.2. The molecule has 7 heteroatoms. The van der Waals surface area contributed by atoms with Crippen molar-refractivity contribution in [2.45, 2.75) is 62.9 Å². The first-order valence-corrected chi connectivity index (χ1v) is 10.7. The highest BCUT2D eigenvalue weighted by Crippen LogP contribution is 2.33. The molecule has 1 saturated heterocycles. The molecular formula is C19H26N2O4S. The number of piperidine rings is 1. The van der Waals surface area contributed by atoms with Crippen LogP contribution in [0, 0.1) is 5.92 Å². The van der Waals surface area contributed by atoms with Gasteiger partial charge in [-0.2, -0.15) is 4.31 Å². The molecule has 0 unspecified atom stereocenters. The Bertz CT molecular complexity index is 784. The topological polar surface area (TPSA) is 83.6 Å². The molecule has 1 amide bonds. The number of carbonyl (C=O) groups excluding carboxylic acids is 2. The molecule has 0 aromatic heterocycles. The second kappa shape index (κ2) is 7.48. The number of hydrogen-bond donors (Lipinski definition) is 1. The van der Waals surface area contributed by atoms with E-state index in [1.54, 1.807) is 0 Å².